The summed E-state index contributed by atoms with van der Waals surface area (Å²) < 4.78 is 45.5. The summed E-state index contributed by atoms with van der Waals surface area (Å²) in [5.74, 6) is -0.164. The molecule has 128 valence electrons. The summed E-state index contributed by atoms with van der Waals surface area (Å²) in [4.78, 5) is 12.6. The summed E-state index contributed by atoms with van der Waals surface area (Å²) in [6.45, 7) is 4.77. The van der Waals surface area contributed by atoms with E-state index in [0.717, 1.165) is 13.0 Å². The van der Waals surface area contributed by atoms with Gasteiger partial charge in [0.1, 0.15) is 0 Å². The van der Waals surface area contributed by atoms with Crippen molar-refractivity contribution in [2.24, 2.45) is 16.7 Å². The van der Waals surface area contributed by atoms with Gasteiger partial charge in [-0.05, 0) is 31.7 Å². The van der Waals surface area contributed by atoms with E-state index in [9.17, 15) is 18.0 Å². The molecule has 22 heavy (non-hydrogen) atoms. The molecule has 2 fully saturated rings. The molecule has 0 aromatic heterocycles. The van der Waals surface area contributed by atoms with Gasteiger partial charge < -0.3 is 15.4 Å². The highest BCUT2D eigenvalue weighted by Crippen LogP contribution is 2.44. The Morgan fingerprint density at radius 1 is 1.36 bits per heavy atom. The lowest BCUT2D eigenvalue weighted by Gasteiger charge is -2.39. The topological polar surface area (TPSA) is 50.4 Å². The lowest BCUT2D eigenvalue weighted by molar-refractivity contribution is -0.225. The summed E-state index contributed by atoms with van der Waals surface area (Å²) in [5.41, 5.74) is -2.56. The SMILES string of the molecule is CCC(CC)(CNC(=O)[C@]12CNC[C@H]1CCOC2)C(F)(F)F. The molecule has 2 aliphatic rings. The van der Waals surface area contributed by atoms with Gasteiger partial charge in [-0.2, -0.15) is 13.2 Å². The van der Waals surface area contributed by atoms with Gasteiger partial charge in [0.05, 0.1) is 17.4 Å². The predicted octanol–water partition coefficient (Wildman–Crippen LogP) is 2.10. The lowest BCUT2D eigenvalue weighted by Crippen LogP contribution is -2.55. The first-order valence-electron chi connectivity index (χ1n) is 7.95. The molecule has 0 aromatic carbocycles. The summed E-state index contributed by atoms with van der Waals surface area (Å²) >= 11 is 0. The fraction of sp³-hybridized carbons (Fsp3) is 0.933. The van der Waals surface area contributed by atoms with E-state index in [-0.39, 0.29) is 37.8 Å². The van der Waals surface area contributed by atoms with Gasteiger partial charge in [0.2, 0.25) is 5.91 Å². The predicted molar refractivity (Wildman–Crippen MR) is 76.3 cm³/mol. The van der Waals surface area contributed by atoms with Crippen molar-refractivity contribution >= 4 is 5.91 Å². The molecule has 0 unspecified atom stereocenters. The Kier molecular flexibility index (Phi) is 5.06. The molecule has 2 heterocycles. The number of nitrogens with one attached hydrogen (secondary N) is 2. The molecule has 2 saturated heterocycles. The van der Waals surface area contributed by atoms with Crippen LogP contribution in [-0.2, 0) is 9.53 Å². The van der Waals surface area contributed by atoms with Crippen molar-refractivity contribution in [2.75, 3.05) is 32.8 Å². The van der Waals surface area contributed by atoms with Crippen LogP contribution in [0, 0.1) is 16.7 Å². The molecule has 2 N–H and O–H groups in total. The minimum absolute atomic E-state index is 0.0432. The van der Waals surface area contributed by atoms with Crippen LogP contribution in [0.25, 0.3) is 0 Å². The second-order valence-electron chi connectivity index (χ2n) is 6.49. The first-order valence-corrected chi connectivity index (χ1v) is 7.95. The van der Waals surface area contributed by atoms with Gasteiger partial charge in [-0.1, -0.05) is 13.8 Å². The number of amides is 1. The van der Waals surface area contributed by atoms with Crippen LogP contribution in [-0.4, -0.2) is 44.9 Å². The molecule has 2 rings (SSSR count). The number of halogens is 3. The highest BCUT2D eigenvalue weighted by molar-refractivity contribution is 5.84. The van der Waals surface area contributed by atoms with Crippen LogP contribution in [0.3, 0.4) is 0 Å². The molecule has 0 spiro atoms. The van der Waals surface area contributed by atoms with Gasteiger partial charge >= 0.3 is 6.18 Å². The number of rotatable bonds is 5. The van der Waals surface area contributed by atoms with Crippen LogP contribution in [0.5, 0.6) is 0 Å². The molecule has 0 saturated carbocycles. The standard InChI is InChI=1S/C15H25F3N2O2/c1-3-13(4-2,15(16,17)18)8-20-12(21)14-9-19-7-11(14)5-6-22-10-14/h11,19H,3-10H2,1-2H3,(H,20,21)/t11-,14+/m1/s1. The number of ether oxygens (including phenoxy) is 1. The Morgan fingerprint density at radius 2 is 2.05 bits per heavy atom. The molecular formula is C15H25F3N2O2. The van der Waals surface area contributed by atoms with Gasteiger partial charge in [0.15, 0.2) is 0 Å². The molecule has 7 heteroatoms. The average Bonchev–Trinajstić information content (AvgIpc) is 2.92. The largest absolute Gasteiger partial charge is 0.396 e. The Hall–Kier alpha value is -0.820. The monoisotopic (exact) mass is 322 g/mol. The van der Waals surface area contributed by atoms with E-state index >= 15 is 0 Å². The second kappa shape index (κ2) is 6.35. The third kappa shape index (κ3) is 2.85. The Bertz CT molecular complexity index is 410. The molecule has 4 nitrogen and oxygen atoms in total. The number of hydrogen-bond acceptors (Lipinski definition) is 3. The van der Waals surface area contributed by atoms with E-state index in [1.54, 1.807) is 0 Å². The molecular weight excluding hydrogens is 297 g/mol. The Labute approximate surface area is 129 Å². The van der Waals surface area contributed by atoms with Gasteiger partial charge in [-0.25, -0.2) is 0 Å². The van der Waals surface area contributed by atoms with Crippen LogP contribution < -0.4 is 10.6 Å². The fourth-order valence-electron chi connectivity index (χ4n) is 3.59. The first kappa shape index (κ1) is 17.5. The van der Waals surface area contributed by atoms with E-state index in [1.807, 2.05) is 0 Å². The molecule has 0 aromatic rings. The number of fused-ring (bicyclic) bond motifs is 1. The maximum Gasteiger partial charge on any atom is 0.396 e. The van der Waals surface area contributed by atoms with Crippen LogP contribution >= 0.6 is 0 Å². The third-order valence-corrected chi connectivity index (χ3v) is 5.58. The summed E-state index contributed by atoms with van der Waals surface area (Å²) in [6.07, 6.45) is -3.64. The molecule has 0 aliphatic carbocycles. The van der Waals surface area contributed by atoms with Gasteiger partial charge in [0.25, 0.3) is 0 Å². The van der Waals surface area contributed by atoms with Gasteiger partial charge in [0, 0.05) is 19.7 Å². The fourth-order valence-corrected chi connectivity index (χ4v) is 3.59. The summed E-state index contributed by atoms with van der Waals surface area (Å²) in [5, 5.41) is 5.76. The molecule has 2 atom stereocenters. The minimum atomic E-state index is -4.32. The number of carbonyl (C=O) groups excluding carboxylic acids is 1. The van der Waals surface area contributed by atoms with E-state index in [1.165, 1.54) is 13.8 Å². The van der Waals surface area contributed by atoms with Crippen LogP contribution in [0.1, 0.15) is 33.1 Å². The van der Waals surface area contributed by atoms with Crippen molar-refractivity contribution in [1.29, 1.82) is 0 Å². The van der Waals surface area contributed by atoms with Crippen molar-refractivity contribution in [3.8, 4) is 0 Å². The smallest absolute Gasteiger partial charge is 0.380 e. The van der Waals surface area contributed by atoms with E-state index in [2.05, 4.69) is 10.6 Å². The molecule has 0 bridgehead atoms. The summed E-state index contributed by atoms with van der Waals surface area (Å²) in [6, 6.07) is 0. The third-order valence-electron chi connectivity index (χ3n) is 5.58. The zero-order valence-electron chi connectivity index (χ0n) is 13.2. The van der Waals surface area contributed by atoms with Crippen LogP contribution in [0.4, 0.5) is 13.2 Å². The quantitative estimate of drug-likeness (QED) is 0.815. The van der Waals surface area contributed by atoms with Crippen molar-refractivity contribution in [1.82, 2.24) is 10.6 Å². The molecule has 0 radical (unpaired) electrons. The van der Waals surface area contributed by atoms with E-state index in [4.69, 9.17) is 4.74 Å². The van der Waals surface area contributed by atoms with Crippen molar-refractivity contribution < 1.29 is 22.7 Å². The number of hydrogen-bond donors (Lipinski definition) is 2. The highest BCUT2D eigenvalue weighted by atomic mass is 19.4. The van der Waals surface area contributed by atoms with Gasteiger partial charge in [-0.3, -0.25) is 4.79 Å². The Balaban J connectivity index is 2.08. The Morgan fingerprint density at radius 3 is 2.64 bits per heavy atom. The molecule has 1 amide bonds. The zero-order valence-corrected chi connectivity index (χ0v) is 13.2. The minimum Gasteiger partial charge on any atom is -0.380 e. The van der Waals surface area contributed by atoms with Crippen molar-refractivity contribution in [2.45, 2.75) is 39.3 Å². The average molecular weight is 322 g/mol. The van der Waals surface area contributed by atoms with Gasteiger partial charge in [-0.15, -0.1) is 0 Å². The molecule has 2 aliphatic heterocycles. The van der Waals surface area contributed by atoms with Crippen LogP contribution in [0.15, 0.2) is 0 Å². The van der Waals surface area contributed by atoms with Crippen LogP contribution in [0.2, 0.25) is 0 Å². The van der Waals surface area contributed by atoms with Crippen molar-refractivity contribution in [3.63, 3.8) is 0 Å². The number of carbonyl (C=O) groups is 1. The van der Waals surface area contributed by atoms with E-state index in [0.29, 0.717) is 13.2 Å². The first-order chi connectivity index (χ1) is 10.3. The highest BCUT2D eigenvalue weighted by Gasteiger charge is 2.54. The normalized spacial score (nSPS) is 29.2. The maximum absolute atomic E-state index is 13.3. The lowest BCUT2D eigenvalue weighted by atomic mass is 9.74. The maximum atomic E-state index is 13.3. The second-order valence-corrected chi connectivity index (χ2v) is 6.49. The number of alkyl halides is 3. The zero-order chi connectivity index (χ0) is 16.4. The van der Waals surface area contributed by atoms with E-state index < -0.39 is 17.0 Å². The summed E-state index contributed by atoms with van der Waals surface area (Å²) in [7, 11) is 0. The van der Waals surface area contributed by atoms with Crippen molar-refractivity contribution in [3.05, 3.63) is 0 Å².